The maximum atomic E-state index is 4.40. The van der Waals surface area contributed by atoms with Crippen LogP contribution in [0.2, 0.25) is 0 Å². The van der Waals surface area contributed by atoms with Crippen molar-refractivity contribution in [3.8, 4) is 0 Å². The lowest BCUT2D eigenvalue weighted by atomic mass is 10.2. The normalized spacial score (nSPS) is 10.9. The Morgan fingerprint density at radius 2 is 2.00 bits per heavy atom. The molecule has 0 aliphatic carbocycles. The van der Waals surface area contributed by atoms with Gasteiger partial charge in [-0.1, -0.05) is 37.3 Å². The van der Waals surface area contributed by atoms with E-state index < -0.39 is 0 Å². The zero-order valence-corrected chi connectivity index (χ0v) is 10.4. The van der Waals surface area contributed by atoms with Crippen molar-refractivity contribution in [2.45, 2.75) is 19.9 Å². The maximum absolute atomic E-state index is 4.40. The van der Waals surface area contributed by atoms with E-state index >= 15 is 0 Å². The summed E-state index contributed by atoms with van der Waals surface area (Å²) in [6, 6.07) is 12.7. The van der Waals surface area contributed by atoms with E-state index in [0.29, 0.717) is 0 Å². The van der Waals surface area contributed by atoms with Crippen LogP contribution in [0.15, 0.2) is 48.9 Å². The Balaban J connectivity index is 2.10. The van der Waals surface area contributed by atoms with Crippen LogP contribution in [0.5, 0.6) is 0 Å². The molecule has 3 nitrogen and oxygen atoms in total. The summed E-state index contributed by atoms with van der Waals surface area (Å²) in [6.07, 6.45) is 4.50. The van der Waals surface area contributed by atoms with Gasteiger partial charge in [0.05, 0.1) is 0 Å². The Hall–Kier alpha value is -2.16. The second kappa shape index (κ2) is 4.61. The summed E-state index contributed by atoms with van der Waals surface area (Å²) in [4.78, 5) is 8.48. The number of benzene rings is 1. The summed E-state index contributed by atoms with van der Waals surface area (Å²) < 4.78 is 2.27. The van der Waals surface area contributed by atoms with Gasteiger partial charge < -0.3 is 4.57 Å². The molecule has 0 amide bonds. The maximum Gasteiger partial charge on any atom is 0.143 e. The predicted molar refractivity (Wildman–Crippen MR) is 72.5 cm³/mol. The van der Waals surface area contributed by atoms with Gasteiger partial charge >= 0.3 is 0 Å². The van der Waals surface area contributed by atoms with E-state index in [1.165, 1.54) is 11.3 Å². The molecule has 0 aliphatic heterocycles. The van der Waals surface area contributed by atoms with E-state index in [9.17, 15) is 0 Å². The summed E-state index contributed by atoms with van der Waals surface area (Å²) in [7, 11) is 0. The topological polar surface area (TPSA) is 30.7 Å². The molecule has 0 unspecified atom stereocenters. The molecule has 18 heavy (non-hydrogen) atoms. The number of hydrogen-bond acceptors (Lipinski definition) is 2. The minimum absolute atomic E-state index is 0.866. The van der Waals surface area contributed by atoms with Gasteiger partial charge in [-0.3, -0.25) is 0 Å². The Bertz CT molecular complexity index is 656. The van der Waals surface area contributed by atoms with Crippen molar-refractivity contribution in [1.29, 1.82) is 0 Å². The lowest BCUT2D eigenvalue weighted by molar-refractivity contribution is 0.767. The Kier molecular flexibility index (Phi) is 2.81. The fraction of sp³-hybridized carbons (Fsp3) is 0.200. The summed E-state index contributed by atoms with van der Waals surface area (Å²) in [6.45, 7) is 3.04. The molecule has 0 radical (unpaired) electrons. The minimum atomic E-state index is 0.866. The largest absolute Gasteiger partial charge is 0.325 e. The van der Waals surface area contributed by atoms with Gasteiger partial charge in [-0.15, -0.1) is 0 Å². The molecular weight excluding hydrogens is 222 g/mol. The highest BCUT2D eigenvalue weighted by molar-refractivity contribution is 5.76. The number of rotatable bonds is 3. The summed E-state index contributed by atoms with van der Waals surface area (Å²) >= 11 is 0. The molecule has 90 valence electrons. The average molecular weight is 237 g/mol. The van der Waals surface area contributed by atoms with Crippen molar-refractivity contribution in [2.75, 3.05) is 0 Å². The van der Waals surface area contributed by atoms with Crippen LogP contribution in [0.4, 0.5) is 0 Å². The summed E-state index contributed by atoms with van der Waals surface area (Å²) in [5.74, 6) is 0. The first-order valence-electron chi connectivity index (χ1n) is 6.20. The first-order valence-corrected chi connectivity index (χ1v) is 6.20. The van der Waals surface area contributed by atoms with E-state index in [4.69, 9.17) is 0 Å². The minimum Gasteiger partial charge on any atom is -0.325 e. The highest BCUT2D eigenvalue weighted by Crippen LogP contribution is 2.19. The van der Waals surface area contributed by atoms with Gasteiger partial charge in [-0.2, -0.15) is 0 Å². The van der Waals surface area contributed by atoms with Crippen LogP contribution >= 0.6 is 0 Å². The second-order valence-electron chi connectivity index (χ2n) is 4.36. The highest BCUT2D eigenvalue weighted by atomic mass is 15.1. The molecule has 0 fully saturated rings. The van der Waals surface area contributed by atoms with Gasteiger partial charge in [-0.25, -0.2) is 9.97 Å². The van der Waals surface area contributed by atoms with Crippen molar-refractivity contribution in [1.82, 2.24) is 14.5 Å². The van der Waals surface area contributed by atoms with Crippen LogP contribution in [0, 0.1) is 0 Å². The fourth-order valence-corrected chi connectivity index (χ4v) is 2.29. The van der Waals surface area contributed by atoms with E-state index in [2.05, 4.69) is 51.8 Å². The van der Waals surface area contributed by atoms with Gasteiger partial charge in [0, 0.05) is 23.8 Å². The van der Waals surface area contributed by atoms with Gasteiger partial charge in [0.25, 0.3) is 0 Å². The molecular formula is C15H15N3. The van der Waals surface area contributed by atoms with E-state index in [0.717, 1.165) is 24.0 Å². The lowest BCUT2D eigenvalue weighted by Crippen LogP contribution is -2.04. The zero-order valence-electron chi connectivity index (χ0n) is 10.4. The molecule has 2 heterocycles. The number of aryl methyl sites for hydroxylation is 1. The van der Waals surface area contributed by atoms with Crippen molar-refractivity contribution >= 4 is 11.0 Å². The predicted octanol–water partition coefficient (Wildman–Crippen LogP) is 3.04. The van der Waals surface area contributed by atoms with Gasteiger partial charge in [0.2, 0.25) is 0 Å². The third-order valence-corrected chi connectivity index (χ3v) is 3.19. The van der Waals surface area contributed by atoms with E-state index in [1.807, 2.05) is 12.3 Å². The zero-order chi connectivity index (χ0) is 12.4. The first-order chi connectivity index (χ1) is 8.88. The lowest BCUT2D eigenvalue weighted by Gasteiger charge is -2.08. The molecule has 3 heteroatoms. The molecule has 3 rings (SSSR count). The summed E-state index contributed by atoms with van der Waals surface area (Å²) in [5, 5.41) is 1.12. The smallest absolute Gasteiger partial charge is 0.143 e. The second-order valence-corrected chi connectivity index (χ2v) is 4.36. The van der Waals surface area contributed by atoms with Crippen LogP contribution in [-0.2, 0) is 13.0 Å². The SMILES string of the molecule is CCc1cc2cncnc2n1Cc1ccccc1. The van der Waals surface area contributed by atoms with Crippen LogP contribution in [0.3, 0.4) is 0 Å². The monoisotopic (exact) mass is 237 g/mol. The molecule has 1 aromatic carbocycles. The number of aromatic nitrogens is 3. The van der Waals surface area contributed by atoms with E-state index in [1.54, 1.807) is 6.33 Å². The van der Waals surface area contributed by atoms with Crippen molar-refractivity contribution in [2.24, 2.45) is 0 Å². The standard InChI is InChI=1S/C15H15N3/c1-2-14-8-13-9-16-11-17-15(13)18(14)10-12-6-4-3-5-7-12/h3-9,11H,2,10H2,1H3. The number of hydrogen-bond donors (Lipinski definition) is 0. The van der Waals surface area contributed by atoms with Crippen molar-refractivity contribution < 1.29 is 0 Å². The van der Waals surface area contributed by atoms with Crippen molar-refractivity contribution in [3.05, 3.63) is 60.2 Å². The van der Waals surface area contributed by atoms with Crippen LogP contribution < -0.4 is 0 Å². The van der Waals surface area contributed by atoms with Crippen molar-refractivity contribution in [3.63, 3.8) is 0 Å². The first kappa shape index (κ1) is 11.0. The van der Waals surface area contributed by atoms with E-state index in [-0.39, 0.29) is 0 Å². The molecule has 0 saturated heterocycles. The third kappa shape index (κ3) is 1.88. The Morgan fingerprint density at radius 3 is 2.78 bits per heavy atom. The molecule has 0 aliphatic rings. The fourth-order valence-electron chi connectivity index (χ4n) is 2.29. The molecule has 0 N–H and O–H groups in total. The molecule has 0 spiro atoms. The van der Waals surface area contributed by atoms with Crippen LogP contribution in [0.25, 0.3) is 11.0 Å². The highest BCUT2D eigenvalue weighted by Gasteiger charge is 2.08. The average Bonchev–Trinajstić information content (AvgIpc) is 2.78. The van der Waals surface area contributed by atoms with Crippen LogP contribution in [0.1, 0.15) is 18.2 Å². The molecule has 0 bridgehead atoms. The van der Waals surface area contributed by atoms with Gasteiger partial charge in [-0.05, 0) is 18.1 Å². The molecule has 0 atom stereocenters. The van der Waals surface area contributed by atoms with Gasteiger partial charge in [0.15, 0.2) is 0 Å². The van der Waals surface area contributed by atoms with Gasteiger partial charge in [0.1, 0.15) is 12.0 Å². The number of nitrogens with zero attached hydrogens (tertiary/aromatic N) is 3. The molecule has 0 saturated carbocycles. The van der Waals surface area contributed by atoms with Crippen LogP contribution in [-0.4, -0.2) is 14.5 Å². The summed E-state index contributed by atoms with van der Waals surface area (Å²) in [5.41, 5.74) is 3.61. The Labute approximate surface area is 106 Å². The number of fused-ring (bicyclic) bond motifs is 1. The third-order valence-electron chi connectivity index (χ3n) is 3.19. The Morgan fingerprint density at radius 1 is 1.17 bits per heavy atom. The molecule has 3 aromatic rings. The molecule has 2 aromatic heterocycles. The quantitative estimate of drug-likeness (QED) is 0.701.